The predicted molar refractivity (Wildman–Crippen MR) is 130 cm³/mol. The Hall–Kier alpha value is -3.03. The van der Waals surface area contributed by atoms with Crippen molar-refractivity contribution in [1.82, 2.24) is 35.4 Å². The predicted octanol–water partition coefficient (Wildman–Crippen LogP) is -1.36. The van der Waals surface area contributed by atoms with Crippen LogP contribution >= 0.6 is 42.5 Å². The standard InChI is InChI=1S/C16H18N9O8PS3/c1-24-16(20-22-23-24)37-3-6-2-35-13-9(12(27)25(13)10(6)14(28)29)19-11(26)8(7-4-36-15(17)18-7)21-33-5-34(30,31)32/h4,9,13H,2-3,5H2,1H3,(H2,17,18)(H,19,26)(H,28,29)(H2,30,31,32)/b21-8+. The average Bonchev–Trinajstić information content (AvgIpc) is 3.44. The van der Waals surface area contributed by atoms with E-state index in [-0.39, 0.29) is 28.0 Å². The maximum atomic E-state index is 13.0. The second kappa shape index (κ2) is 10.8. The summed E-state index contributed by atoms with van der Waals surface area (Å²) in [4.78, 5) is 65.5. The highest BCUT2D eigenvalue weighted by molar-refractivity contribution is 8.01. The van der Waals surface area contributed by atoms with Crippen LogP contribution in [0.5, 0.6) is 0 Å². The van der Waals surface area contributed by atoms with Crippen LogP contribution in [0.4, 0.5) is 5.13 Å². The number of oxime groups is 1. The number of carboxylic acids is 1. The smallest absolute Gasteiger partial charge is 0.365 e. The van der Waals surface area contributed by atoms with Gasteiger partial charge in [0.2, 0.25) is 11.5 Å². The molecule has 2 amide bonds. The fourth-order valence-corrected chi connectivity index (χ4v) is 6.36. The second-order valence-corrected chi connectivity index (χ2v) is 12.0. The molecule has 2 aromatic heterocycles. The normalized spacial score (nSPS) is 19.9. The van der Waals surface area contributed by atoms with Gasteiger partial charge in [-0.25, -0.2) is 14.5 Å². The zero-order chi connectivity index (χ0) is 26.9. The molecule has 4 rings (SSSR count). The number of tetrazole rings is 1. The minimum absolute atomic E-state index is 0.0330. The van der Waals surface area contributed by atoms with Crippen molar-refractivity contribution in [2.24, 2.45) is 12.2 Å². The van der Waals surface area contributed by atoms with Crippen molar-refractivity contribution < 1.29 is 38.7 Å². The number of aliphatic carboxylic acids is 1. The van der Waals surface area contributed by atoms with E-state index in [2.05, 4.69) is 35.8 Å². The van der Waals surface area contributed by atoms with E-state index in [9.17, 15) is 24.1 Å². The maximum absolute atomic E-state index is 13.0. The molecule has 0 aliphatic carbocycles. The number of thiazole rings is 1. The Morgan fingerprint density at radius 2 is 2.19 bits per heavy atom. The van der Waals surface area contributed by atoms with Crippen LogP contribution in [-0.4, -0.2) is 97.7 Å². The minimum atomic E-state index is -4.58. The first kappa shape index (κ1) is 27.0. The van der Waals surface area contributed by atoms with Crippen molar-refractivity contribution in [3.8, 4) is 0 Å². The SMILES string of the molecule is Cn1nnnc1SCC1=C(C(=O)O)N2C(=O)C(NC(=O)/C(=N/OCP(=O)(O)O)c3csc(N)n3)C2SC1. The molecule has 37 heavy (non-hydrogen) atoms. The molecule has 0 radical (unpaired) electrons. The zero-order valence-electron chi connectivity index (χ0n) is 18.6. The lowest BCUT2D eigenvalue weighted by atomic mass is 10.0. The fraction of sp³-hybridized carbons (Fsp3) is 0.375. The molecule has 17 nitrogen and oxygen atoms in total. The van der Waals surface area contributed by atoms with E-state index in [1.807, 2.05) is 0 Å². The molecule has 1 fully saturated rings. The van der Waals surface area contributed by atoms with Gasteiger partial charge in [0.1, 0.15) is 22.8 Å². The number of thioether (sulfide) groups is 2. The highest BCUT2D eigenvalue weighted by Crippen LogP contribution is 2.41. The Kier molecular flexibility index (Phi) is 7.85. The molecule has 21 heteroatoms. The number of nitrogens with two attached hydrogens (primary N) is 1. The van der Waals surface area contributed by atoms with E-state index in [0.29, 0.717) is 10.7 Å². The topological polar surface area (TPSA) is 248 Å². The van der Waals surface area contributed by atoms with Crippen LogP contribution in [-0.2, 0) is 30.8 Å². The molecule has 0 bridgehead atoms. The molecule has 198 valence electrons. The lowest BCUT2D eigenvalue weighted by Crippen LogP contribution is -2.71. The van der Waals surface area contributed by atoms with E-state index in [1.54, 1.807) is 7.05 Å². The first-order valence-electron chi connectivity index (χ1n) is 9.98. The van der Waals surface area contributed by atoms with Gasteiger partial charge in [-0.3, -0.25) is 19.1 Å². The summed E-state index contributed by atoms with van der Waals surface area (Å²) in [6.07, 6.45) is -1.09. The second-order valence-electron chi connectivity index (χ2n) is 7.43. The number of carboxylic acid groups (broad SMARTS) is 1. The summed E-state index contributed by atoms with van der Waals surface area (Å²) >= 11 is 3.46. The number of nitrogens with one attached hydrogen (secondary N) is 1. The summed E-state index contributed by atoms with van der Waals surface area (Å²) in [7, 11) is -2.94. The molecule has 0 aromatic carbocycles. The number of aromatic nitrogens is 5. The summed E-state index contributed by atoms with van der Waals surface area (Å²) < 4.78 is 12.5. The summed E-state index contributed by atoms with van der Waals surface area (Å²) in [5.74, 6) is -2.36. The number of rotatable bonds is 10. The van der Waals surface area contributed by atoms with Crippen molar-refractivity contribution in [2.45, 2.75) is 16.6 Å². The molecule has 0 spiro atoms. The molecule has 2 unspecified atom stereocenters. The van der Waals surface area contributed by atoms with Gasteiger partial charge >= 0.3 is 13.6 Å². The molecular weight excluding hydrogens is 573 g/mol. The van der Waals surface area contributed by atoms with Gasteiger partial charge in [0.25, 0.3) is 11.8 Å². The number of anilines is 1. The van der Waals surface area contributed by atoms with Crippen LogP contribution in [0.2, 0.25) is 0 Å². The van der Waals surface area contributed by atoms with Crippen LogP contribution in [0.25, 0.3) is 0 Å². The van der Waals surface area contributed by atoms with Gasteiger partial charge in [0.15, 0.2) is 10.8 Å². The molecular formula is C16H18N9O8PS3. The van der Waals surface area contributed by atoms with Crippen molar-refractivity contribution in [3.63, 3.8) is 0 Å². The average molecular weight is 592 g/mol. The van der Waals surface area contributed by atoms with Crippen LogP contribution in [0.3, 0.4) is 0 Å². The highest BCUT2D eigenvalue weighted by Gasteiger charge is 2.54. The third-order valence-electron chi connectivity index (χ3n) is 4.85. The minimum Gasteiger partial charge on any atom is -0.477 e. The Labute approximate surface area is 219 Å². The summed E-state index contributed by atoms with van der Waals surface area (Å²) in [6.45, 7) is 0. The molecule has 6 N–H and O–H groups in total. The molecule has 2 aliphatic rings. The molecule has 4 heterocycles. The van der Waals surface area contributed by atoms with Crippen molar-refractivity contribution >= 4 is 71.1 Å². The summed E-state index contributed by atoms with van der Waals surface area (Å²) in [6, 6.07) is -1.09. The first-order valence-corrected chi connectivity index (χ1v) is 14.7. The van der Waals surface area contributed by atoms with Crippen molar-refractivity contribution in [1.29, 1.82) is 0 Å². The van der Waals surface area contributed by atoms with Crippen LogP contribution < -0.4 is 11.1 Å². The number of amides is 2. The van der Waals surface area contributed by atoms with Gasteiger partial charge in [-0.05, 0) is 16.0 Å². The number of hydrogen-bond acceptors (Lipinski definition) is 14. The molecule has 0 saturated carbocycles. The summed E-state index contributed by atoms with van der Waals surface area (Å²) in [5.41, 5.74) is 5.42. The fourth-order valence-electron chi connectivity index (χ4n) is 3.27. The third-order valence-corrected chi connectivity index (χ3v) is 8.42. The molecule has 2 atom stereocenters. The maximum Gasteiger partial charge on any atom is 0.365 e. The number of carbonyl (C=O) groups is 3. The third kappa shape index (κ3) is 5.94. The molecule has 1 saturated heterocycles. The Morgan fingerprint density at radius 3 is 2.78 bits per heavy atom. The number of aryl methyl sites for hydroxylation is 1. The zero-order valence-corrected chi connectivity index (χ0v) is 22.0. The summed E-state index contributed by atoms with van der Waals surface area (Å²) in [5, 5.41) is 28.1. The molecule has 2 aliphatic heterocycles. The lowest BCUT2D eigenvalue weighted by Gasteiger charge is -2.49. The Bertz CT molecular complexity index is 1350. The number of β-lactam (4-membered cyclic amide) rings is 1. The Balaban J connectivity index is 1.50. The van der Waals surface area contributed by atoms with Gasteiger partial charge in [-0.2, -0.15) is 0 Å². The number of carbonyl (C=O) groups excluding carboxylic acids is 2. The number of nitrogens with zero attached hydrogens (tertiary/aromatic N) is 7. The van der Waals surface area contributed by atoms with E-state index in [4.69, 9.17) is 15.5 Å². The van der Waals surface area contributed by atoms with Crippen LogP contribution in [0, 0.1) is 0 Å². The number of nitrogen functional groups attached to an aromatic ring is 1. The Morgan fingerprint density at radius 1 is 1.43 bits per heavy atom. The van der Waals surface area contributed by atoms with Crippen LogP contribution in [0.1, 0.15) is 5.69 Å². The van der Waals surface area contributed by atoms with E-state index in [0.717, 1.165) is 16.2 Å². The first-order chi connectivity index (χ1) is 17.5. The van der Waals surface area contributed by atoms with Crippen molar-refractivity contribution in [2.75, 3.05) is 23.6 Å². The number of hydrogen-bond donors (Lipinski definition) is 5. The van der Waals surface area contributed by atoms with Gasteiger partial charge in [0.05, 0.1) is 0 Å². The number of fused-ring (bicyclic) bond motifs is 1. The van der Waals surface area contributed by atoms with E-state index >= 15 is 0 Å². The van der Waals surface area contributed by atoms with E-state index < -0.39 is 48.9 Å². The van der Waals surface area contributed by atoms with Gasteiger partial charge in [0, 0.05) is 23.9 Å². The quantitative estimate of drug-likeness (QED) is 0.0703. The highest BCUT2D eigenvalue weighted by atomic mass is 32.2. The largest absolute Gasteiger partial charge is 0.477 e. The van der Waals surface area contributed by atoms with Gasteiger partial charge < -0.3 is 30.8 Å². The monoisotopic (exact) mass is 591 g/mol. The van der Waals surface area contributed by atoms with Crippen LogP contribution in [0.15, 0.2) is 27.0 Å². The van der Waals surface area contributed by atoms with Gasteiger partial charge in [-0.1, -0.05) is 16.9 Å². The molecule has 2 aromatic rings. The lowest BCUT2D eigenvalue weighted by molar-refractivity contribution is -0.150. The van der Waals surface area contributed by atoms with Gasteiger partial charge in [-0.15, -0.1) is 28.2 Å². The van der Waals surface area contributed by atoms with Crippen molar-refractivity contribution in [3.05, 3.63) is 22.3 Å². The van der Waals surface area contributed by atoms with E-state index in [1.165, 1.54) is 33.6 Å².